The van der Waals surface area contributed by atoms with Crippen molar-refractivity contribution < 1.29 is 4.79 Å². The first-order chi connectivity index (χ1) is 13.2. The number of pyridine rings is 1. The molecular weight excluding hydrogens is 354 g/mol. The molecule has 5 heteroatoms. The Kier molecular flexibility index (Phi) is 5.03. The van der Waals surface area contributed by atoms with Crippen LogP contribution in [0.2, 0.25) is 0 Å². The van der Waals surface area contributed by atoms with Crippen molar-refractivity contribution in [1.82, 2.24) is 14.7 Å². The minimum atomic E-state index is -0.213. The molecule has 136 valence electrons. The summed E-state index contributed by atoms with van der Waals surface area (Å²) in [5.41, 5.74) is 3.26. The highest BCUT2D eigenvalue weighted by Crippen LogP contribution is 2.24. The third-order valence-electron chi connectivity index (χ3n) is 4.72. The minimum absolute atomic E-state index is 0.0277. The number of hydrogen-bond donors (Lipinski definition) is 1. The van der Waals surface area contributed by atoms with Crippen LogP contribution in [-0.4, -0.2) is 15.3 Å². The second-order valence-electron chi connectivity index (χ2n) is 6.63. The molecule has 0 aliphatic rings. The van der Waals surface area contributed by atoms with Crippen molar-refractivity contribution in [2.24, 2.45) is 0 Å². The number of benzene rings is 1. The van der Waals surface area contributed by atoms with Gasteiger partial charge in [0.2, 0.25) is 5.91 Å². The molecule has 1 aromatic carbocycles. The van der Waals surface area contributed by atoms with Crippen LogP contribution in [0.1, 0.15) is 27.7 Å². The number of imidazole rings is 1. The molecule has 27 heavy (non-hydrogen) atoms. The quantitative estimate of drug-likeness (QED) is 0.545. The molecule has 0 radical (unpaired) electrons. The first kappa shape index (κ1) is 17.5. The standard InChI is InChI=1S/C22H21N3OS/c1-16-7-9-17(10-8-16)20(13-19-6-4-12-27-19)22(26)24-15-21-23-14-18-5-2-3-11-25(18)21/h2-12,14,20H,13,15H2,1H3,(H,24,26). The van der Waals surface area contributed by atoms with E-state index in [-0.39, 0.29) is 11.8 Å². The summed E-state index contributed by atoms with van der Waals surface area (Å²) in [6.07, 6.45) is 4.49. The van der Waals surface area contributed by atoms with E-state index in [4.69, 9.17) is 0 Å². The summed E-state index contributed by atoms with van der Waals surface area (Å²) in [5, 5.41) is 5.14. The lowest BCUT2D eigenvalue weighted by atomic mass is 9.93. The SMILES string of the molecule is Cc1ccc(C(Cc2cccs2)C(=O)NCc2ncc3ccccn23)cc1. The molecule has 3 aromatic heterocycles. The van der Waals surface area contributed by atoms with Crippen LogP contribution >= 0.6 is 11.3 Å². The number of aryl methyl sites for hydroxylation is 1. The summed E-state index contributed by atoms with van der Waals surface area (Å²) in [5.74, 6) is 0.646. The van der Waals surface area contributed by atoms with Crippen LogP contribution in [-0.2, 0) is 17.8 Å². The molecule has 4 aromatic rings. The maximum Gasteiger partial charge on any atom is 0.228 e. The zero-order valence-corrected chi connectivity index (χ0v) is 15.9. The largest absolute Gasteiger partial charge is 0.348 e. The maximum atomic E-state index is 13.0. The molecule has 0 saturated carbocycles. The van der Waals surface area contributed by atoms with E-state index in [1.165, 1.54) is 10.4 Å². The number of nitrogens with one attached hydrogen (secondary N) is 1. The molecular formula is C22H21N3OS. The van der Waals surface area contributed by atoms with Gasteiger partial charge in [-0.1, -0.05) is 42.0 Å². The lowest BCUT2D eigenvalue weighted by Gasteiger charge is -2.17. The van der Waals surface area contributed by atoms with E-state index >= 15 is 0 Å². The van der Waals surface area contributed by atoms with E-state index in [0.29, 0.717) is 13.0 Å². The maximum absolute atomic E-state index is 13.0. The number of amides is 1. The van der Waals surface area contributed by atoms with Gasteiger partial charge in [-0.15, -0.1) is 11.3 Å². The van der Waals surface area contributed by atoms with Gasteiger partial charge in [-0.05, 0) is 42.5 Å². The van der Waals surface area contributed by atoms with Crippen molar-refractivity contribution in [3.8, 4) is 0 Å². The van der Waals surface area contributed by atoms with Crippen LogP contribution in [0, 0.1) is 6.92 Å². The van der Waals surface area contributed by atoms with Crippen molar-refractivity contribution in [3.63, 3.8) is 0 Å². The summed E-state index contributed by atoms with van der Waals surface area (Å²) < 4.78 is 2.00. The van der Waals surface area contributed by atoms with Gasteiger partial charge in [-0.25, -0.2) is 4.98 Å². The highest BCUT2D eigenvalue weighted by molar-refractivity contribution is 7.09. The van der Waals surface area contributed by atoms with Gasteiger partial charge in [0.25, 0.3) is 0 Å². The van der Waals surface area contributed by atoms with Crippen molar-refractivity contribution >= 4 is 22.8 Å². The number of thiophene rings is 1. The smallest absolute Gasteiger partial charge is 0.228 e. The van der Waals surface area contributed by atoms with E-state index in [1.54, 1.807) is 11.3 Å². The first-order valence-corrected chi connectivity index (χ1v) is 9.86. The fourth-order valence-electron chi connectivity index (χ4n) is 3.21. The van der Waals surface area contributed by atoms with Gasteiger partial charge in [-0.3, -0.25) is 4.79 Å². The van der Waals surface area contributed by atoms with Crippen LogP contribution in [0.4, 0.5) is 0 Å². The van der Waals surface area contributed by atoms with E-state index in [0.717, 1.165) is 16.9 Å². The molecule has 1 N–H and O–H groups in total. The second-order valence-corrected chi connectivity index (χ2v) is 7.67. The molecule has 1 atom stereocenters. The summed E-state index contributed by atoms with van der Waals surface area (Å²) >= 11 is 1.69. The number of hydrogen-bond acceptors (Lipinski definition) is 3. The van der Waals surface area contributed by atoms with Crippen LogP contribution in [0.3, 0.4) is 0 Å². The Labute approximate surface area is 162 Å². The number of aromatic nitrogens is 2. The molecule has 0 bridgehead atoms. The Morgan fingerprint density at radius 2 is 2.00 bits per heavy atom. The first-order valence-electron chi connectivity index (χ1n) is 8.98. The number of nitrogens with zero attached hydrogens (tertiary/aromatic N) is 2. The summed E-state index contributed by atoms with van der Waals surface area (Å²) in [6.45, 7) is 2.46. The van der Waals surface area contributed by atoms with Gasteiger partial charge in [0.15, 0.2) is 0 Å². The van der Waals surface area contributed by atoms with Crippen LogP contribution in [0.15, 0.2) is 72.4 Å². The third-order valence-corrected chi connectivity index (χ3v) is 5.62. The van der Waals surface area contributed by atoms with Crippen molar-refractivity contribution in [3.05, 3.63) is 94.2 Å². The van der Waals surface area contributed by atoms with E-state index < -0.39 is 0 Å². The van der Waals surface area contributed by atoms with Gasteiger partial charge in [-0.2, -0.15) is 0 Å². The highest BCUT2D eigenvalue weighted by atomic mass is 32.1. The van der Waals surface area contributed by atoms with Gasteiger partial charge in [0.05, 0.1) is 24.2 Å². The monoisotopic (exact) mass is 375 g/mol. The molecule has 4 rings (SSSR count). The van der Waals surface area contributed by atoms with E-state index in [2.05, 4.69) is 52.9 Å². The number of fused-ring (bicyclic) bond motifs is 1. The summed E-state index contributed by atoms with van der Waals surface area (Å²) in [6, 6.07) is 18.3. The topological polar surface area (TPSA) is 46.4 Å². The fraction of sp³-hybridized carbons (Fsp3) is 0.182. The van der Waals surface area contributed by atoms with Crippen molar-refractivity contribution in [1.29, 1.82) is 0 Å². The molecule has 0 spiro atoms. The van der Waals surface area contributed by atoms with Gasteiger partial charge in [0.1, 0.15) is 5.82 Å². The van der Waals surface area contributed by atoms with Crippen LogP contribution in [0.5, 0.6) is 0 Å². The van der Waals surface area contributed by atoms with Crippen LogP contribution < -0.4 is 5.32 Å². The number of carbonyl (C=O) groups excluding carboxylic acids is 1. The van der Waals surface area contributed by atoms with Gasteiger partial charge in [0, 0.05) is 11.1 Å². The Morgan fingerprint density at radius 1 is 1.15 bits per heavy atom. The van der Waals surface area contributed by atoms with Gasteiger partial charge < -0.3 is 9.72 Å². The molecule has 0 fully saturated rings. The molecule has 0 aliphatic heterocycles. The Hall–Kier alpha value is -2.92. The third kappa shape index (κ3) is 3.93. The Bertz CT molecular complexity index is 1040. The molecule has 3 heterocycles. The zero-order chi connectivity index (χ0) is 18.6. The molecule has 4 nitrogen and oxygen atoms in total. The van der Waals surface area contributed by atoms with Crippen LogP contribution in [0.25, 0.3) is 5.52 Å². The average molecular weight is 375 g/mol. The Balaban J connectivity index is 1.53. The Morgan fingerprint density at radius 3 is 2.78 bits per heavy atom. The predicted octanol–water partition coefficient (Wildman–Crippen LogP) is 4.35. The molecule has 1 amide bonds. The van der Waals surface area contributed by atoms with Crippen molar-refractivity contribution in [2.45, 2.75) is 25.8 Å². The molecule has 1 unspecified atom stereocenters. The zero-order valence-electron chi connectivity index (χ0n) is 15.1. The molecule has 0 aliphatic carbocycles. The summed E-state index contributed by atoms with van der Waals surface area (Å²) in [7, 11) is 0. The average Bonchev–Trinajstić information content (AvgIpc) is 3.35. The predicted molar refractivity (Wildman–Crippen MR) is 109 cm³/mol. The fourth-order valence-corrected chi connectivity index (χ4v) is 3.96. The van der Waals surface area contributed by atoms with E-state index in [9.17, 15) is 4.79 Å². The number of rotatable bonds is 6. The second kappa shape index (κ2) is 7.76. The van der Waals surface area contributed by atoms with E-state index in [1.807, 2.05) is 41.1 Å². The lowest BCUT2D eigenvalue weighted by molar-refractivity contribution is -0.122. The summed E-state index contributed by atoms with van der Waals surface area (Å²) in [4.78, 5) is 18.7. The lowest BCUT2D eigenvalue weighted by Crippen LogP contribution is -2.30. The number of carbonyl (C=O) groups is 1. The minimum Gasteiger partial charge on any atom is -0.348 e. The van der Waals surface area contributed by atoms with Gasteiger partial charge >= 0.3 is 0 Å². The highest BCUT2D eigenvalue weighted by Gasteiger charge is 2.22. The van der Waals surface area contributed by atoms with Crippen molar-refractivity contribution in [2.75, 3.05) is 0 Å². The normalized spacial score (nSPS) is 12.2. The molecule has 0 saturated heterocycles.